The molecule has 7 nitrogen and oxygen atoms in total. The van der Waals surface area contributed by atoms with E-state index in [1.807, 2.05) is 36.9 Å². The standard InChI is InChI=1S/C13H22N6O/c1-6-19-10-9(8(2)17-19)16-12(14)18(10)7-13(3,4)11(20)15-5/h6-7H2,1-5H3,(H2,14,16)(H,15,20). The average molecular weight is 278 g/mol. The van der Waals surface area contributed by atoms with Gasteiger partial charge in [0.2, 0.25) is 11.9 Å². The number of rotatable bonds is 4. The summed E-state index contributed by atoms with van der Waals surface area (Å²) in [5, 5.41) is 7.13. The van der Waals surface area contributed by atoms with Crippen LogP contribution in [-0.2, 0) is 17.9 Å². The van der Waals surface area contributed by atoms with Crippen molar-refractivity contribution in [3.63, 3.8) is 0 Å². The van der Waals surface area contributed by atoms with Crippen LogP contribution in [0.4, 0.5) is 5.95 Å². The lowest BCUT2D eigenvalue weighted by Crippen LogP contribution is -2.38. The molecule has 0 aliphatic heterocycles. The second-order valence-electron chi connectivity index (χ2n) is 5.59. The zero-order valence-electron chi connectivity index (χ0n) is 12.7. The van der Waals surface area contributed by atoms with Gasteiger partial charge in [-0.25, -0.2) is 9.67 Å². The number of anilines is 1. The predicted octanol–water partition coefficient (Wildman–Crippen LogP) is 0.916. The van der Waals surface area contributed by atoms with Crippen molar-refractivity contribution in [1.29, 1.82) is 0 Å². The summed E-state index contributed by atoms with van der Waals surface area (Å²) in [7, 11) is 1.64. The molecule has 0 aromatic carbocycles. The highest BCUT2D eigenvalue weighted by atomic mass is 16.2. The van der Waals surface area contributed by atoms with Gasteiger partial charge in [0.15, 0.2) is 5.65 Å². The van der Waals surface area contributed by atoms with Crippen molar-refractivity contribution in [2.45, 2.75) is 40.8 Å². The summed E-state index contributed by atoms with van der Waals surface area (Å²) in [4.78, 5) is 16.3. The number of nitrogens with two attached hydrogens (primary N) is 1. The Balaban J connectivity index is 2.54. The Morgan fingerprint density at radius 3 is 2.65 bits per heavy atom. The third-order valence-electron chi connectivity index (χ3n) is 3.52. The van der Waals surface area contributed by atoms with E-state index in [2.05, 4.69) is 15.4 Å². The molecule has 0 aliphatic carbocycles. The molecule has 7 heteroatoms. The van der Waals surface area contributed by atoms with Crippen LogP contribution in [0, 0.1) is 12.3 Å². The van der Waals surface area contributed by atoms with Gasteiger partial charge in [-0.3, -0.25) is 9.36 Å². The van der Waals surface area contributed by atoms with Crippen LogP contribution in [0.25, 0.3) is 11.2 Å². The molecule has 0 atom stereocenters. The van der Waals surface area contributed by atoms with Gasteiger partial charge in [-0.15, -0.1) is 0 Å². The van der Waals surface area contributed by atoms with Gasteiger partial charge in [-0.1, -0.05) is 0 Å². The van der Waals surface area contributed by atoms with Crippen molar-refractivity contribution in [1.82, 2.24) is 24.6 Å². The molecule has 0 radical (unpaired) electrons. The molecule has 2 aromatic rings. The molecule has 2 heterocycles. The van der Waals surface area contributed by atoms with Gasteiger partial charge < -0.3 is 11.1 Å². The number of imidazole rings is 1. The van der Waals surface area contributed by atoms with Gasteiger partial charge in [0, 0.05) is 20.1 Å². The van der Waals surface area contributed by atoms with Crippen molar-refractivity contribution in [3.05, 3.63) is 5.69 Å². The Hall–Kier alpha value is -2.05. The van der Waals surface area contributed by atoms with Crippen LogP contribution in [0.3, 0.4) is 0 Å². The van der Waals surface area contributed by atoms with Crippen LogP contribution in [0.15, 0.2) is 0 Å². The van der Waals surface area contributed by atoms with E-state index in [1.54, 1.807) is 7.05 Å². The zero-order chi connectivity index (χ0) is 15.1. The van der Waals surface area contributed by atoms with E-state index in [9.17, 15) is 4.79 Å². The van der Waals surface area contributed by atoms with E-state index in [0.717, 1.165) is 23.4 Å². The van der Waals surface area contributed by atoms with Gasteiger partial charge >= 0.3 is 0 Å². The van der Waals surface area contributed by atoms with Gasteiger partial charge in [0.25, 0.3) is 0 Å². The minimum absolute atomic E-state index is 0.0296. The van der Waals surface area contributed by atoms with Crippen LogP contribution < -0.4 is 11.1 Å². The molecule has 3 N–H and O–H groups in total. The Morgan fingerprint density at radius 1 is 1.45 bits per heavy atom. The van der Waals surface area contributed by atoms with Crippen LogP contribution >= 0.6 is 0 Å². The quantitative estimate of drug-likeness (QED) is 0.870. The first-order valence-electron chi connectivity index (χ1n) is 6.73. The second kappa shape index (κ2) is 4.81. The highest BCUT2D eigenvalue weighted by Gasteiger charge is 2.30. The summed E-state index contributed by atoms with van der Waals surface area (Å²) in [6.45, 7) is 8.89. The highest BCUT2D eigenvalue weighted by molar-refractivity contribution is 5.82. The molecular formula is C13H22N6O. The van der Waals surface area contributed by atoms with Crippen molar-refractivity contribution < 1.29 is 4.79 Å². The number of aryl methyl sites for hydroxylation is 2. The molecule has 110 valence electrons. The van der Waals surface area contributed by atoms with Gasteiger partial charge in [0.1, 0.15) is 5.52 Å². The smallest absolute Gasteiger partial charge is 0.227 e. The maximum atomic E-state index is 12.0. The summed E-state index contributed by atoms with van der Waals surface area (Å²) < 4.78 is 3.74. The number of fused-ring (bicyclic) bond motifs is 1. The number of nitrogens with one attached hydrogen (secondary N) is 1. The third-order valence-corrected chi connectivity index (χ3v) is 3.52. The summed E-state index contributed by atoms with van der Waals surface area (Å²) in [5.41, 5.74) is 7.97. The number of nitrogen functional groups attached to an aromatic ring is 1. The predicted molar refractivity (Wildman–Crippen MR) is 78.2 cm³/mol. The molecular weight excluding hydrogens is 256 g/mol. The lowest BCUT2D eigenvalue weighted by molar-refractivity contribution is -0.129. The number of nitrogens with zero attached hydrogens (tertiary/aromatic N) is 4. The molecule has 0 saturated carbocycles. The van der Waals surface area contributed by atoms with Gasteiger partial charge in [-0.05, 0) is 27.7 Å². The first-order chi connectivity index (χ1) is 9.31. The summed E-state index contributed by atoms with van der Waals surface area (Å²) in [5.74, 6) is 0.387. The number of carbonyl (C=O) groups excluding carboxylic acids is 1. The first kappa shape index (κ1) is 14.4. The maximum Gasteiger partial charge on any atom is 0.227 e. The SMILES string of the molecule is CCn1nc(C)c2nc(N)n(CC(C)(C)C(=O)NC)c21. The summed E-state index contributed by atoms with van der Waals surface area (Å²) >= 11 is 0. The first-order valence-corrected chi connectivity index (χ1v) is 6.73. The minimum Gasteiger partial charge on any atom is -0.369 e. The fourth-order valence-corrected chi connectivity index (χ4v) is 2.42. The number of hydrogen-bond donors (Lipinski definition) is 2. The number of aromatic nitrogens is 4. The lowest BCUT2D eigenvalue weighted by atomic mass is 9.92. The molecule has 2 aromatic heterocycles. The van der Waals surface area contributed by atoms with Crippen LogP contribution in [0.5, 0.6) is 0 Å². The van der Waals surface area contributed by atoms with Crippen molar-refractivity contribution >= 4 is 23.0 Å². The van der Waals surface area contributed by atoms with Crippen LogP contribution in [0.1, 0.15) is 26.5 Å². The van der Waals surface area contributed by atoms with E-state index in [0.29, 0.717) is 12.5 Å². The largest absolute Gasteiger partial charge is 0.369 e. The fraction of sp³-hybridized carbons (Fsp3) is 0.615. The number of amides is 1. The van der Waals surface area contributed by atoms with Crippen molar-refractivity contribution in [2.24, 2.45) is 5.41 Å². The molecule has 0 aliphatic rings. The molecule has 1 amide bonds. The van der Waals surface area contributed by atoms with E-state index >= 15 is 0 Å². The Labute approximate surface area is 118 Å². The Bertz CT molecular complexity index is 651. The zero-order valence-corrected chi connectivity index (χ0v) is 12.7. The summed E-state index contributed by atoms with van der Waals surface area (Å²) in [6.07, 6.45) is 0. The number of carbonyl (C=O) groups is 1. The second-order valence-corrected chi connectivity index (χ2v) is 5.59. The minimum atomic E-state index is -0.576. The average Bonchev–Trinajstić information content (AvgIpc) is 2.87. The topological polar surface area (TPSA) is 90.8 Å². The van der Waals surface area contributed by atoms with Crippen molar-refractivity contribution in [2.75, 3.05) is 12.8 Å². The Morgan fingerprint density at radius 2 is 2.10 bits per heavy atom. The van der Waals surface area contributed by atoms with E-state index < -0.39 is 5.41 Å². The van der Waals surface area contributed by atoms with E-state index in [1.165, 1.54) is 0 Å². The molecule has 20 heavy (non-hydrogen) atoms. The summed E-state index contributed by atoms with van der Waals surface area (Å²) in [6, 6.07) is 0. The normalized spacial score (nSPS) is 12.1. The van der Waals surface area contributed by atoms with Gasteiger partial charge in [0.05, 0.1) is 11.1 Å². The lowest BCUT2D eigenvalue weighted by Gasteiger charge is -2.23. The molecule has 0 spiro atoms. The van der Waals surface area contributed by atoms with E-state index in [4.69, 9.17) is 5.73 Å². The molecule has 2 rings (SSSR count). The van der Waals surface area contributed by atoms with Crippen LogP contribution in [-0.4, -0.2) is 32.3 Å². The molecule has 0 bridgehead atoms. The van der Waals surface area contributed by atoms with Gasteiger partial charge in [-0.2, -0.15) is 5.10 Å². The molecule has 0 fully saturated rings. The fourth-order valence-electron chi connectivity index (χ4n) is 2.42. The van der Waals surface area contributed by atoms with Crippen LogP contribution in [0.2, 0.25) is 0 Å². The monoisotopic (exact) mass is 278 g/mol. The number of hydrogen-bond acceptors (Lipinski definition) is 4. The maximum absolute atomic E-state index is 12.0. The van der Waals surface area contributed by atoms with Crippen molar-refractivity contribution in [3.8, 4) is 0 Å². The Kier molecular flexibility index (Phi) is 3.45. The third kappa shape index (κ3) is 2.13. The molecule has 0 saturated heterocycles. The molecule has 0 unspecified atom stereocenters. The highest BCUT2D eigenvalue weighted by Crippen LogP contribution is 2.26. The van der Waals surface area contributed by atoms with E-state index in [-0.39, 0.29) is 5.91 Å².